The van der Waals surface area contributed by atoms with Crippen molar-refractivity contribution in [3.05, 3.63) is 36.0 Å². The third-order valence-corrected chi connectivity index (χ3v) is 3.60. The molecule has 2 aliphatic rings. The molecule has 0 spiro atoms. The minimum Gasteiger partial charge on any atom is -0.393 e. The Morgan fingerprint density at radius 1 is 1.38 bits per heavy atom. The standard InChI is InChI=1S/C14H21NO/c1-10-4-3-5-12(7-6-10)14-9-15-8-13(14)11(2)16/h3-7,10-11,13-16H,8-9H2,1-2H3/t10?,11-,13?,14-/m0/s1. The van der Waals surface area contributed by atoms with E-state index in [0.29, 0.717) is 17.8 Å². The van der Waals surface area contributed by atoms with Gasteiger partial charge < -0.3 is 10.4 Å². The second-order valence-corrected chi connectivity index (χ2v) is 4.94. The van der Waals surface area contributed by atoms with E-state index in [0.717, 1.165) is 13.1 Å². The first kappa shape index (κ1) is 11.6. The molecule has 1 aliphatic carbocycles. The highest BCUT2D eigenvalue weighted by atomic mass is 16.3. The van der Waals surface area contributed by atoms with Crippen molar-refractivity contribution in [2.24, 2.45) is 17.8 Å². The minimum atomic E-state index is -0.237. The first-order valence-electron chi connectivity index (χ1n) is 6.14. The topological polar surface area (TPSA) is 32.3 Å². The van der Waals surface area contributed by atoms with Crippen molar-refractivity contribution >= 4 is 0 Å². The molecule has 88 valence electrons. The fourth-order valence-electron chi connectivity index (χ4n) is 2.54. The zero-order chi connectivity index (χ0) is 11.5. The second-order valence-electron chi connectivity index (χ2n) is 4.94. The van der Waals surface area contributed by atoms with E-state index < -0.39 is 0 Å². The van der Waals surface area contributed by atoms with Crippen LogP contribution >= 0.6 is 0 Å². The van der Waals surface area contributed by atoms with Crippen molar-refractivity contribution in [2.45, 2.75) is 20.0 Å². The number of hydrogen-bond donors (Lipinski definition) is 2. The van der Waals surface area contributed by atoms with E-state index in [4.69, 9.17) is 0 Å². The van der Waals surface area contributed by atoms with E-state index in [1.54, 1.807) is 0 Å². The minimum absolute atomic E-state index is 0.237. The average molecular weight is 219 g/mol. The quantitative estimate of drug-likeness (QED) is 0.743. The molecule has 0 saturated carbocycles. The third kappa shape index (κ3) is 2.45. The number of aliphatic hydroxyl groups is 1. The highest BCUT2D eigenvalue weighted by Gasteiger charge is 2.32. The fourth-order valence-corrected chi connectivity index (χ4v) is 2.54. The SMILES string of the molecule is CC1C=CC=C([C@@H]2CNCC2[C@H](C)O)C=C1. The Hall–Kier alpha value is -0.860. The maximum atomic E-state index is 9.77. The Labute approximate surface area is 97.7 Å². The summed E-state index contributed by atoms with van der Waals surface area (Å²) < 4.78 is 0. The summed E-state index contributed by atoms with van der Waals surface area (Å²) in [5.41, 5.74) is 1.34. The summed E-state index contributed by atoms with van der Waals surface area (Å²) in [5, 5.41) is 13.1. The van der Waals surface area contributed by atoms with Gasteiger partial charge in [0.2, 0.25) is 0 Å². The first-order chi connectivity index (χ1) is 7.68. The summed E-state index contributed by atoms with van der Waals surface area (Å²) in [6, 6.07) is 0. The van der Waals surface area contributed by atoms with E-state index in [1.165, 1.54) is 5.57 Å². The van der Waals surface area contributed by atoms with Crippen LogP contribution in [0.5, 0.6) is 0 Å². The summed E-state index contributed by atoms with van der Waals surface area (Å²) in [5.74, 6) is 1.30. The van der Waals surface area contributed by atoms with Crippen LogP contribution in [-0.2, 0) is 0 Å². The highest BCUT2D eigenvalue weighted by molar-refractivity contribution is 5.32. The smallest absolute Gasteiger partial charge is 0.0558 e. The van der Waals surface area contributed by atoms with Gasteiger partial charge in [-0.1, -0.05) is 37.3 Å². The van der Waals surface area contributed by atoms with Crippen LogP contribution in [-0.4, -0.2) is 24.3 Å². The fraction of sp³-hybridized carbons (Fsp3) is 0.571. The van der Waals surface area contributed by atoms with Crippen molar-refractivity contribution in [1.29, 1.82) is 0 Å². The summed E-state index contributed by atoms with van der Waals surface area (Å²) in [7, 11) is 0. The summed E-state index contributed by atoms with van der Waals surface area (Å²) in [6.45, 7) is 5.98. The lowest BCUT2D eigenvalue weighted by atomic mass is 9.85. The molecular formula is C14H21NO. The van der Waals surface area contributed by atoms with E-state index in [-0.39, 0.29) is 6.10 Å². The Kier molecular flexibility index (Phi) is 3.62. The number of allylic oxidation sites excluding steroid dienone is 5. The van der Waals surface area contributed by atoms with Crippen molar-refractivity contribution in [2.75, 3.05) is 13.1 Å². The Morgan fingerprint density at radius 3 is 2.94 bits per heavy atom. The molecule has 16 heavy (non-hydrogen) atoms. The predicted octanol–water partition coefficient (Wildman–Crippen LogP) is 1.89. The lowest BCUT2D eigenvalue weighted by Gasteiger charge is -2.22. The number of rotatable bonds is 2. The van der Waals surface area contributed by atoms with Crippen LogP contribution in [0.4, 0.5) is 0 Å². The van der Waals surface area contributed by atoms with Gasteiger partial charge in [0.25, 0.3) is 0 Å². The highest BCUT2D eigenvalue weighted by Crippen LogP contribution is 2.29. The van der Waals surface area contributed by atoms with Crippen molar-refractivity contribution in [3.8, 4) is 0 Å². The lowest BCUT2D eigenvalue weighted by Crippen LogP contribution is -2.25. The largest absolute Gasteiger partial charge is 0.393 e. The molecule has 0 aromatic rings. The van der Waals surface area contributed by atoms with Gasteiger partial charge in [-0.3, -0.25) is 0 Å². The third-order valence-electron chi connectivity index (χ3n) is 3.60. The van der Waals surface area contributed by atoms with Crippen LogP contribution in [0.25, 0.3) is 0 Å². The lowest BCUT2D eigenvalue weighted by molar-refractivity contribution is 0.120. The number of hydrogen-bond acceptors (Lipinski definition) is 2. The molecule has 1 fully saturated rings. The van der Waals surface area contributed by atoms with Gasteiger partial charge in [-0.05, 0) is 18.4 Å². The molecule has 2 rings (SSSR count). The maximum Gasteiger partial charge on any atom is 0.0558 e. The predicted molar refractivity (Wildman–Crippen MR) is 67.1 cm³/mol. The van der Waals surface area contributed by atoms with Gasteiger partial charge in [-0.15, -0.1) is 0 Å². The van der Waals surface area contributed by atoms with E-state index in [2.05, 4.69) is 42.6 Å². The molecule has 0 aromatic carbocycles. The number of nitrogens with one attached hydrogen (secondary N) is 1. The molecule has 2 unspecified atom stereocenters. The molecule has 0 bridgehead atoms. The summed E-state index contributed by atoms with van der Waals surface area (Å²) >= 11 is 0. The van der Waals surface area contributed by atoms with Crippen molar-refractivity contribution in [1.82, 2.24) is 5.32 Å². The summed E-state index contributed by atoms with van der Waals surface area (Å²) in [6.07, 6.45) is 10.7. The van der Waals surface area contributed by atoms with Gasteiger partial charge in [0.15, 0.2) is 0 Å². The zero-order valence-electron chi connectivity index (χ0n) is 10.1. The molecule has 1 saturated heterocycles. The molecule has 1 aliphatic heterocycles. The molecule has 2 nitrogen and oxygen atoms in total. The van der Waals surface area contributed by atoms with Crippen LogP contribution in [0.2, 0.25) is 0 Å². The molecule has 0 radical (unpaired) electrons. The van der Waals surface area contributed by atoms with Crippen LogP contribution in [0.15, 0.2) is 36.0 Å². The van der Waals surface area contributed by atoms with Gasteiger partial charge in [0, 0.05) is 24.9 Å². The zero-order valence-corrected chi connectivity index (χ0v) is 10.1. The average Bonchev–Trinajstić information content (AvgIpc) is 2.63. The van der Waals surface area contributed by atoms with Gasteiger partial charge in [0.1, 0.15) is 0 Å². The Morgan fingerprint density at radius 2 is 2.19 bits per heavy atom. The van der Waals surface area contributed by atoms with Gasteiger partial charge in [-0.2, -0.15) is 0 Å². The van der Waals surface area contributed by atoms with Crippen LogP contribution in [0, 0.1) is 17.8 Å². The van der Waals surface area contributed by atoms with Gasteiger partial charge >= 0.3 is 0 Å². The van der Waals surface area contributed by atoms with Crippen LogP contribution in [0.1, 0.15) is 13.8 Å². The van der Waals surface area contributed by atoms with E-state index in [9.17, 15) is 5.11 Å². The van der Waals surface area contributed by atoms with E-state index in [1.807, 2.05) is 6.92 Å². The summed E-state index contributed by atoms with van der Waals surface area (Å²) in [4.78, 5) is 0. The Balaban J connectivity index is 2.15. The van der Waals surface area contributed by atoms with Crippen LogP contribution < -0.4 is 5.32 Å². The monoisotopic (exact) mass is 219 g/mol. The molecule has 4 atom stereocenters. The first-order valence-corrected chi connectivity index (χ1v) is 6.14. The second kappa shape index (κ2) is 4.98. The van der Waals surface area contributed by atoms with Crippen LogP contribution in [0.3, 0.4) is 0 Å². The molecule has 2 heteroatoms. The molecular weight excluding hydrogens is 198 g/mol. The Bertz CT molecular complexity index is 328. The normalized spacial score (nSPS) is 35.9. The van der Waals surface area contributed by atoms with Gasteiger partial charge in [-0.25, -0.2) is 0 Å². The number of aliphatic hydroxyl groups excluding tert-OH is 1. The maximum absolute atomic E-state index is 9.77. The van der Waals surface area contributed by atoms with Crippen molar-refractivity contribution < 1.29 is 5.11 Å². The van der Waals surface area contributed by atoms with E-state index >= 15 is 0 Å². The van der Waals surface area contributed by atoms with Crippen molar-refractivity contribution in [3.63, 3.8) is 0 Å². The molecule has 1 heterocycles. The molecule has 0 aromatic heterocycles. The van der Waals surface area contributed by atoms with Gasteiger partial charge in [0.05, 0.1) is 6.10 Å². The molecule has 2 N–H and O–H groups in total. The molecule has 0 amide bonds.